The van der Waals surface area contributed by atoms with Crippen molar-refractivity contribution in [3.05, 3.63) is 35.4 Å². The van der Waals surface area contributed by atoms with Gasteiger partial charge >= 0.3 is 0 Å². The first kappa shape index (κ1) is 11.3. The first-order valence-corrected chi connectivity index (χ1v) is 5.53. The fourth-order valence-electron chi connectivity index (χ4n) is 1.24. The van der Waals surface area contributed by atoms with Gasteiger partial charge in [-0.1, -0.05) is 36.0 Å². The summed E-state index contributed by atoms with van der Waals surface area (Å²) in [7, 11) is 0. The van der Waals surface area contributed by atoms with Gasteiger partial charge in [-0.2, -0.15) is 0 Å². The van der Waals surface area contributed by atoms with E-state index < -0.39 is 0 Å². The molecule has 0 fully saturated rings. The number of carbonyl (C=O) groups excluding carboxylic acids is 1. The Morgan fingerprint density at radius 2 is 2.00 bits per heavy atom. The van der Waals surface area contributed by atoms with E-state index in [1.54, 1.807) is 6.92 Å². The van der Waals surface area contributed by atoms with Crippen molar-refractivity contribution in [1.29, 1.82) is 0 Å². The minimum atomic E-state index is 0.129. The Labute approximate surface area is 88.3 Å². The fourth-order valence-corrected chi connectivity index (χ4v) is 1.88. The van der Waals surface area contributed by atoms with Crippen LogP contribution in [0.1, 0.15) is 18.1 Å². The van der Waals surface area contributed by atoms with Crippen LogP contribution in [0.2, 0.25) is 0 Å². The van der Waals surface area contributed by atoms with Gasteiger partial charge in [0.1, 0.15) is 0 Å². The van der Waals surface area contributed by atoms with E-state index in [1.807, 2.05) is 24.3 Å². The normalized spacial score (nSPS) is 10.1. The Balaban J connectivity index is 2.68. The van der Waals surface area contributed by atoms with Crippen LogP contribution in [-0.4, -0.2) is 16.8 Å². The summed E-state index contributed by atoms with van der Waals surface area (Å²) in [6, 6.07) is 7.90. The number of aliphatic hydroxyl groups is 1. The third kappa shape index (κ3) is 3.52. The second-order valence-corrected chi connectivity index (χ2v) is 4.17. The van der Waals surface area contributed by atoms with Crippen LogP contribution >= 0.6 is 11.8 Å². The Bertz CT molecular complexity index is 310. The maximum Gasteiger partial charge on any atom is 0.186 e. The summed E-state index contributed by atoms with van der Waals surface area (Å²) in [5, 5.41) is 8.98. The second-order valence-electron chi connectivity index (χ2n) is 3.02. The van der Waals surface area contributed by atoms with Gasteiger partial charge in [-0.05, 0) is 17.5 Å². The zero-order valence-corrected chi connectivity index (χ0v) is 9.01. The molecule has 0 aliphatic heterocycles. The molecular formula is C11H14O2S. The number of aliphatic hydroxyl groups excluding tert-OH is 1. The topological polar surface area (TPSA) is 37.3 Å². The van der Waals surface area contributed by atoms with E-state index in [9.17, 15) is 4.79 Å². The molecule has 0 bridgehead atoms. The lowest BCUT2D eigenvalue weighted by Gasteiger charge is -2.06. The van der Waals surface area contributed by atoms with Crippen LogP contribution in [0.3, 0.4) is 0 Å². The van der Waals surface area contributed by atoms with Crippen molar-refractivity contribution in [1.82, 2.24) is 0 Å². The summed E-state index contributed by atoms with van der Waals surface area (Å²) in [6.07, 6.45) is 0.661. The van der Waals surface area contributed by atoms with E-state index in [4.69, 9.17) is 5.11 Å². The average Bonchev–Trinajstić information content (AvgIpc) is 2.17. The summed E-state index contributed by atoms with van der Waals surface area (Å²) in [6.45, 7) is 1.72. The second kappa shape index (κ2) is 5.83. The van der Waals surface area contributed by atoms with Crippen molar-refractivity contribution in [2.24, 2.45) is 0 Å². The zero-order valence-electron chi connectivity index (χ0n) is 8.19. The first-order chi connectivity index (χ1) is 6.74. The predicted molar refractivity (Wildman–Crippen MR) is 59.2 cm³/mol. The molecule has 0 saturated carbocycles. The van der Waals surface area contributed by atoms with Gasteiger partial charge in [0, 0.05) is 19.3 Å². The molecule has 0 atom stereocenters. The molecule has 0 saturated heterocycles. The van der Waals surface area contributed by atoms with Crippen LogP contribution in [0.25, 0.3) is 0 Å². The van der Waals surface area contributed by atoms with E-state index >= 15 is 0 Å². The van der Waals surface area contributed by atoms with Gasteiger partial charge in [0.2, 0.25) is 0 Å². The number of hydrogen-bond donors (Lipinski definition) is 1. The lowest BCUT2D eigenvalue weighted by Crippen LogP contribution is -1.96. The summed E-state index contributed by atoms with van der Waals surface area (Å²) in [4.78, 5) is 10.8. The van der Waals surface area contributed by atoms with Crippen molar-refractivity contribution in [2.45, 2.75) is 19.1 Å². The highest BCUT2D eigenvalue weighted by molar-refractivity contribution is 8.12. The molecule has 1 N–H and O–H groups in total. The van der Waals surface area contributed by atoms with Crippen LogP contribution in [0.4, 0.5) is 0 Å². The van der Waals surface area contributed by atoms with E-state index in [2.05, 4.69) is 0 Å². The maximum atomic E-state index is 10.8. The van der Waals surface area contributed by atoms with Gasteiger partial charge in [0.25, 0.3) is 0 Å². The van der Waals surface area contributed by atoms with Gasteiger partial charge in [0.15, 0.2) is 5.12 Å². The van der Waals surface area contributed by atoms with Gasteiger partial charge in [-0.25, -0.2) is 0 Å². The minimum Gasteiger partial charge on any atom is -0.396 e. The van der Waals surface area contributed by atoms with Crippen molar-refractivity contribution in [3.63, 3.8) is 0 Å². The van der Waals surface area contributed by atoms with Crippen LogP contribution in [0, 0.1) is 0 Å². The third-order valence-electron chi connectivity index (χ3n) is 1.93. The third-order valence-corrected chi connectivity index (χ3v) is 2.79. The summed E-state index contributed by atoms with van der Waals surface area (Å²) in [5.74, 6) is 0.700. The van der Waals surface area contributed by atoms with Crippen LogP contribution in [-0.2, 0) is 17.0 Å². The molecule has 1 aromatic carbocycles. The lowest BCUT2D eigenvalue weighted by molar-refractivity contribution is -0.109. The highest BCUT2D eigenvalue weighted by Gasteiger charge is 2.02. The monoisotopic (exact) mass is 210 g/mol. The molecule has 0 spiro atoms. The van der Waals surface area contributed by atoms with Gasteiger partial charge in [0.05, 0.1) is 0 Å². The van der Waals surface area contributed by atoms with Gasteiger partial charge in [-0.3, -0.25) is 4.79 Å². The largest absolute Gasteiger partial charge is 0.396 e. The number of benzene rings is 1. The molecule has 0 radical (unpaired) electrons. The number of rotatable bonds is 4. The van der Waals surface area contributed by atoms with Crippen molar-refractivity contribution in [2.75, 3.05) is 6.61 Å². The molecule has 1 rings (SSSR count). The molecule has 0 amide bonds. The van der Waals surface area contributed by atoms with Crippen LogP contribution < -0.4 is 0 Å². The molecule has 0 heterocycles. The minimum absolute atomic E-state index is 0.129. The summed E-state index contributed by atoms with van der Waals surface area (Å²) in [5.41, 5.74) is 2.27. The van der Waals surface area contributed by atoms with Crippen LogP contribution in [0.5, 0.6) is 0 Å². The highest BCUT2D eigenvalue weighted by atomic mass is 32.2. The average molecular weight is 210 g/mol. The van der Waals surface area contributed by atoms with E-state index in [1.165, 1.54) is 11.8 Å². The SMILES string of the molecule is CC(=O)SCc1ccccc1CCO. The molecule has 0 aliphatic carbocycles. The van der Waals surface area contributed by atoms with Gasteiger partial charge < -0.3 is 5.11 Å². The standard InChI is InChI=1S/C11H14O2S/c1-9(13)14-8-11-5-3-2-4-10(11)6-7-12/h2-5,12H,6-8H2,1H3. The van der Waals surface area contributed by atoms with Crippen molar-refractivity contribution >= 4 is 16.9 Å². The summed E-state index contributed by atoms with van der Waals surface area (Å²) >= 11 is 1.30. The van der Waals surface area contributed by atoms with E-state index in [0.717, 1.165) is 11.1 Å². The fraction of sp³-hybridized carbons (Fsp3) is 0.364. The molecule has 3 heteroatoms. The molecule has 0 aromatic heterocycles. The van der Waals surface area contributed by atoms with Crippen molar-refractivity contribution in [3.8, 4) is 0 Å². The molecule has 1 aromatic rings. The number of hydrogen-bond acceptors (Lipinski definition) is 3. The molecule has 14 heavy (non-hydrogen) atoms. The highest BCUT2D eigenvalue weighted by Crippen LogP contribution is 2.17. The lowest BCUT2D eigenvalue weighted by atomic mass is 10.1. The molecular weight excluding hydrogens is 196 g/mol. The molecule has 2 nitrogen and oxygen atoms in total. The Kier molecular flexibility index (Phi) is 4.70. The van der Waals surface area contributed by atoms with Crippen molar-refractivity contribution < 1.29 is 9.90 Å². The maximum absolute atomic E-state index is 10.8. The number of carbonyl (C=O) groups is 1. The first-order valence-electron chi connectivity index (χ1n) is 4.55. The number of thioether (sulfide) groups is 1. The molecule has 0 aliphatic rings. The zero-order chi connectivity index (χ0) is 10.4. The molecule has 76 valence electrons. The quantitative estimate of drug-likeness (QED) is 0.826. The van der Waals surface area contributed by atoms with Crippen LogP contribution in [0.15, 0.2) is 24.3 Å². The Morgan fingerprint density at radius 1 is 1.36 bits per heavy atom. The Hall–Kier alpha value is -0.800. The van der Waals surface area contributed by atoms with Gasteiger partial charge in [-0.15, -0.1) is 0 Å². The van der Waals surface area contributed by atoms with E-state index in [0.29, 0.717) is 12.2 Å². The van der Waals surface area contributed by atoms with E-state index in [-0.39, 0.29) is 11.7 Å². The summed E-state index contributed by atoms with van der Waals surface area (Å²) < 4.78 is 0. The molecule has 0 unspecified atom stereocenters. The predicted octanol–water partition coefficient (Wildman–Crippen LogP) is 2.00. The smallest absolute Gasteiger partial charge is 0.186 e. The Morgan fingerprint density at radius 3 is 2.57 bits per heavy atom.